The highest BCUT2D eigenvalue weighted by Crippen LogP contribution is 2.16. The molecule has 1 aliphatic carbocycles. The van der Waals surface area contributed by atoms with E-state index < -0.39 is 0 Å². The van der Waals surface area contributed by atoms with Crippen molar-refractivity contribution in [3.63, 3.8) is 0 Å². The molecule has 1 heteroatoms. The number of rotatable bonds is 3. The summed E-state index contributed by atoms with van der Waals surface area (Å²) in [5.74, 6) is 0.304. The predicted molar refractivity (Wildman–Crippen MR) is 46.3 cm³/mol. The molecule has 1 aliphatic rings. The quantitative estimate of drug-likeness (QED) is 0.562. The first-order valence-electron chi connectivity index (χ1n) is 3.84. The van der Waals surface area contributed by atoms with Gasteiger partial charge in [-0.2, -0.15) is 0 Å². The standard InChI is InChI=1S/C10H12O/c1-2-3-4-6-9-7-5-8-10(9)11/h2-4,7H,1,5-6,8H2. The third-order valence-electron chi connectivity index (χ3n) is 1.73. The van der Waals surface area contributed by atoms with E-state index in [1.165, 1.54) is 0 Å². The van der Waals surface area contributed by atoms with Gasteiger partial charge in [-0.25, -0.2) is 0 Å². The van der Waals surface area contributed by atoms with Crippen LogP contribution in [-0.2, 0) is 4.79 Å². The van der Waals surface area contributed by atoms with Crippen LogP contribution in [0.3, 0.4) is 0 Å². The van der Waals surface area contributed by atoms with Crippen molar-refractivity contribution in [2.45, 2.75) is 19.3 Å². The Bertz CT molecular complexity index is 221. The highest BCUT2D eigenvalue weighted by molar-refractivity contribution is 5.97. The first-order chi connectivity index (χ1) is 5.34. The zero-order chi connectivity index (χ0) is 8.10. The monoisotopic (exact) mass is 148 g/mol. The van der Waals surface area contributed by atoms with Gasteiger partial charge in [-0.05, 0) is 18.4 Å². The van der Waals surface area contributed by atoms with Crippen molar-refractivity contribution >= 4 is 5.78 Å². The summed E-state index contributed by atoms with van der Waals surface area (Å²) in [4.78, 5) is 11.0. The van der Waals surface area contributed by atoms with Crippen LogP contribution >= 0.6 is 0 Å². The van der Waals surface area contributed by atoms with Gasteiger partial charge in [0.25, 0.3) is 0 Å². The van der Waals surface area contributed by atoms with Gasteiger partial charge in [0.15, 0.2) is 5.78 Å². The van der Waals surface area contributed by atoms with Crippen LogP contribution in [0.1, 0.15) is 19.3 Å². The zero-order valence-corrected chi connectivity index (χ0v) is 6.55. The molecular formula is C10H12O. The summed E-state index contributed by atoms with van der Waals surface area (Å²) in [7, 11) is 0. The molecule has 0 aliphatic heterocycles. The molecule has 11 heavy (non-hydrogen) atoms. The normalized spacial score (nSPS) is 17.5. The summed E-state index contributed by atoms with van der Waals surface area (Å²) in [6.45, 7) is 3.55. The average molecular weight is 148 g/mol. The summed E-state index contributed by atoms with van der Waals surface area (Å²) in [6.07, 6.45) is 9.97. The van der Waals surface area contributed by atoms with Gasteiger partial charge in [0.2, 0.25) is 0 Å². The van der Waals surface area contributed by atoms with Crippen molar-refractivity contribution in [2.75, 3.05) is 0 Å². The molecule has 0 aromatic rings. The van der Waals surface area contributed by atoms with Crippen LogP contribution in [0, 0.1) is 0 Å². The van der Waals surface area contributed by atoms with E-state index >= 15 is 0 Å². The molecule has 0 atom stereocenters. The number of allylic oxidation sites excluding steroid dienone is 5. The fourth-order valence-corrected chi connectivity index (χ4v) is 1.14. The SMILES string of the molecule is C=CC=CCC1=CCCC1=O. The Hall–Kier alpha value is -1.11. The Labute approximate surface area is 67.1 Å². The number of ketones is 1. The van der Waals surface area contributed by atoms with E-state index in [2.05, 4.69) is 6.58 Å². The van der Waals surface area contributed by atoms with Gasteiger partial charge >= 0.3 is 0 Å². The van der Waals surface area contributed by atoms with Crippen molar-refractivity contribution in [1.82, 2.24) is 0 Å². The Morgan fingerprint density at radius 1 is 1.64 bits per heavy atom. The molecule has 0 heterocycles. The first-order valence-corrected chi connectivity index (χ1v) is 3.84. The lowest BCUT2D eigenvalue weighted by Crippen LogP contribution is -1.93. The molecule has 0 unspecified atom stereocenters. The van der Waals surface area contributed by atoms with Gasteiger partial charge in [-0.3, -0.25) is 4.79 Å². The van der Waals surface area contributed by atoms with E-state index in [0.29, 0.717) is 12.2 Å². The first kappa shape index (κ1) is 7.99. The molecule has 1 rings (SSSR count). The minimum atomic E-state index is 0.304. The third-order valence-corrected chi connectivity index (χ3v) is 1.73. The number of carbonyl (C=O) groups excluding carboxylic acids is 1. The second-order valence-electron chi connectivity index (χ2n) is 2.56. The molecule has 0 N–H and O–H groups in total. The fourth-order valence-electron chi connectivity index (χ4n) is 1.14. The maximum Gasteiger partial charge on any atom is 0.159 e. The summed E-state index contributed by atoms with van der Waals surface area (Å²) in [5, 5.41) is 0. The second-order valence-corrected chi connectivity index (χ2v) is 2.56. The van der Waals surface area contributed by atoms with Crippen LogP contribution in [0.2, 0.25) is 0 Å². The van der Waals surface area contributed by atoms with Crippen LogP contribution in [-0.4, -0.2) is 5.78 Å². The molecule has 0 aromatic carbocycles. The maximum absolute atomic E-state index is 11.0. The van der Waals surface area contributed by atoms with E-state index in [1.807, 2.05) is 18.2 Å². The van der Waals surface area contributed by atoms with E-state index in [1.54, 1.807) is 6.08 Å². The van der Waals surface area contributed by atoms with Crippen LogP contribution in [0.25, 0.3) is 0 Å². The average Bonchev–Trinajstić information content (AvgIpc) is 2.37. The highest BCUT2D eigenvalue weighted by atomic mass is 16.1. The Morgan fingerprint density at radius 2 is 2.45 bits per heavy atom. The van der Waals surface area contributed by atoms with Crippen molar-refractivity contribution in [1.29, 1.82) is 0 Å². The molecule has 0 amide bonds. The van der Waals surface area contributed by atoms with Gasteiger partial charge in [0.05, 0.1) is 0 Å². The summed E-state index contributed by atoms with van der Waals surface area (Å²) < 4.78 is 0. The largest absolute Gasteiger partial charge is 0.295 e. The lowest BCUT2D eigenvalue weighted by Gasteiger charge is -1.91. The van der Waals surface area contributed by atoms with Crippen molar-refractivity contribution < 1.29 is 4.79 Å². The zero-order valence-electron chi connectivity index (χ0n) is 6.55. The Kier molecular flexibility index (Phi) is 2.84. The molecule has 0 bridgehead atoms. The van der Waals surface area contributed by atoms with Crippen molar-refractivity contribution in [2.24, 2.45) is 0 Å². The molecule has 58 valence electrons. The van der Waals surface area contributed by atoms with Crippen LogP contribution in [0.4, 0.5) is 0 Å². The summed E-state index contributed by atoms with van der Waals surface area (Å²) in [5.41, 5.74) is 0.961. The third kappa shape index (κ3) is 2.19. The predicted octanol–water partition coefficient (Wildman–Crippen LogP) is 2.41. The molecule has 0 saturated heterocycles. The smallest absolute Gasteiger partial charge is 0.159 e. The van der Waals surface area contributed by atoms with Gasteiger partial charge in [0, 0.05) is 6.42 Å². The van der Waals surface area contributed by atoms with Gasteiger partial charge in [-0.1, -0.05) is 30.9 Å². The van der Waals surface area contributed by atoms with Crippen LogP contribution in [0.5, 0.6) is 0 Å². The van der Waals surface area contributed by atoms with Crippen molar-refractivity contribution in [3.05, 3.63) is 36.5 Å². The second kappa shape index (κ2) is 3.91. The fraction of sp³-hybridized carbons (Fsp3) is 0.300. The van der Waals surface area contributed by atoms with Gasteiger partial charge in [-0.15, -0.1) is 0 Å². The Morgan fingerprint density at radius 3 is 3.00 bits per heavy atom. The van der Waals surface area contributed by atoms with Crippen molar-refractivity contribution in [3.8, 4) is 0 Å². The minimum absolute atomic E-state index is 0.304. The van der Waals surface area contributed by atoms with E-state index in [9.17, 15) is 4.79 Å². The Balaban J connectivity index is 2.43. The summed E-state index contributed by atoms with van der Waals surface area (Å²) in [6, 6.07) is 0. The summed E-state index contributed by atoms with van der Waals surface area (Å²) >= 11 is 0. The minimum Gasteiger partial charge on any atom is -0.295 e. The lowest BCUT2D eigenvalue weighted by atomic mass is 10.1. The number of carbonyl (C=O) groups is 1. The van der Waals surface area contributed by atoms with E-state index in [4.69, 9.17) is 0 Å². The van der Waals surface area contributed by atoms with Gasteiger partial charge in [0.1, 0.15) is 0 Å². The maximum atomic E-state index is 11.0. The molecule has 0 fully saturated rings. The molecule has 0 aromatic heterocycles. The van der Waals surface area contributed by atoms with Crippen LogP contribution < -0.4 is 0 Å². The number of hydrogen-bond donors (Lipinski definition) is 0. The number of Topliss-reactive ketones (excluding diaryl/α,β-unsaturated/α-hetero) is 1. The molecule has 1 nitrogen and oxygen atoms in total. The molecule has 0 spiro atoms. The lowest BCUT2D eigenvalue weighted by molar-refractivity contribution is -0.114. The molecule has 0 radical (unpaired) electrons. The topological polar surface area (TPSA) is 17.1 Å². The van der Waals surface area contributed by atoms with E-state index in [-0.39, 0.29) is 0 Å². The molecular weight excluding hydrogens is 136 g/mol. The number of hydrogen-bond acceptors (Lipinski definition) is 1. The van der Waals surface area contributed by atoms with Gasteiger partial charge < -0.3 is 0 Å². The van der Waals surface area contributed by atoms with Crippen LogP contribution in [0.15, 0.2) is 36.5 Å². The molecule has 0 saturated carbocycles. The highest BCUT2D eigenvalue weighted by Gasteiger charge is 2.12. The van der Waals surface area contributed by atoms with E-state index in [0.717, 1.165) is 18.4 Å².